The number of benzene rings is 1. The molecule has 3 aromatic rings. The molecule has 2 aromatic heterocycles. The number of ether oxygens (including phenoxy) is 4. The number of phenols is 1. The second kappa shape index (κ2) is 9.74. The maximum absolute atomic E-state index is 13.7. The molecule has 1 aliphatic carbocycles. The smallest absolute Gasteiger partial charge is 0.262 e. The van der Waals surface area contributed by atoms with E-state index in [4.69, 9.17) is 23.9 Å². The zero-order valence-corrected chi connectivity index (χ0v) is 20.8. The molecule has 0 saturated heterocycles. The summed E-state index contributed by atoms with van der Waals surface area (Å²) in [5.74, 6) is 0.628. The lowest BCUT2D eigenvalue weighted by molar-refractivity contribution is -0.130. The van der Waals surface area contributed by atoms with Crippen LogP contribution in [0, 0.1) is 0 Å². The molecule has 0 amide bonds. The topological polar surface area (TPSA) is 92.0 Å². The lowest BCUT2D eigenvalue weighted by Gasteiger charge is -2.43. The van der Waals surface area contributed by atoms with Gasteiger partial charge in [0.15, 0.2) is 0 Å². The maximum atomic E-state index is 13.7. The highest BCUT2D eigenvalue weighted by atomic mass is 79.9. The van der Waals surface area contributed by atoms with Crippen molar-refractivity contribution >= 4 is 47.6 Å². The van der Waals surface area contributed by atoms with Crippen molar-refractivity contribution in [1.82, 2.24) is 9.55 Å². The number of methoxy groups -OCH3 is 4. The average Bonchev–Trinajstić information content (AvgIpc) is 3.18. The van der Waals surface area contributed by atoms with Gasteiger partial charge in [-0.15, -0.1) is 11.3 Å². The molecule has 1 aromatic carbocycles. The van der Waals surface area contributed by atoms with Crippen LogP contribution in [-0.2, 0) is 25.5 Å². The predicted octanol–water partition coefficient (Wildman–Crippen LogP) is 3.26. The van der Waals surface area contributed by atoms with Gasteiger partial charge in [0.25, 0.3) is 5.56 Å². The minimum atomic E-state index is -0.293. The molecule has 4 unspecified atom stereocenters. The summed E-state index contributed by atoms with van der Waals surface area (Å²) in [7, 11) is 6.54. The van der Waals surface area contributed by atoms with Crippen molar-refractivity contribution in [2.24, 2.45) is 0 Å². The van der Waals surface area contributed by atoms with Gasteiger partial charge in [-0.25, -0.2) is 4.98 Å². The number of aromatic hydroxyl groups is 1. The van der Waals surface area contributed by atoms with Crippen LogP contribution in [0.2, 0.25) is 0 Å². The maximum Gasteiger partial charge on any atom is 0.262 e. The Bertz CT molecular complexity index is 1160. The van der Waals surface area contributed by atoms with Crippen LogP contribution in [0.4, 0.5) is 0 Å². The third-order valence-corrected chi connectivity index (χ3v) is 8.48. The van der Waals surface area contributed by atoms with E-state index in [-0.39, 0.29) is 40.4 Å². The largest absolute Gasteiger partial charge is 0.506 e. The minimum absolute atomic E-state index is 0.143. The fourth-order valence-electron chi connectivity index (χ4n) is 4.63. The average molecular weight is 527 g/mol. The molecule has 1 saturated carbocycles. The van der Waals surface area contributed by atoms with E-state index in [1.807, 2.05) is 6.07 Å². The number of hydrogen-bond acceptors (Lipinski definition) is 8. The third-order valence-electron chi connectivity index (χ3n) is 6.20. The Kier molecular flexibility index (Phi) is 7.18. The molecule has 1 fully saturated rings. The molecule has 0 spiro atoms. The lowest BCUT2D eigenvalue weighted by atomic mass is 9.82. The molecule has 0 aliphatic heterocycles. The predicted molar refractivity (Wildman–Crippen MR) is 127 cm³/mol. The van der Waals surface area contributed by atoms with E-state index in [1.165, 1.54) is 11.3 Å². The van der Waals surface area contributed by atoms with Crippen molar-refractivity contribution in [2.75, 3.05) is 35.0 Å². The van der Waals surface area contributed by atoms with Gasteiger partial charge in [-0.3, -0.25) is 9.36 Å². The van der Waals surface area contributed by atoms with Gasteiger partial charge in [-0.1, -0.05) is 28.1 Å². The molecule has 1 aliphatic rings. The van der Waals surface area contributed by atoms with E-state index in [0.717, 1.165) is 0 Å². The van der Waals surface area contributed by atoms with Gasteiger partial charge in [0, 0.05) is 39.7 Å². The van der Waals surface area contributed by atoms with Gasteiger partial charge in [0.1, 0.15) is 22.5 Å². The van der Waals surface area contributed by atoms with Crippen LogP contribution in [0.25, 0.3) is 20.3 Å². The molecular weight excluding hydrogens is 500 g/mol. The first-order valence-corrected chi connectivity index (χ1v) is 12.1. The summed E-state index contributed by atoms with van der Waals surface area (Å²) in [5.41, 5.74) is -0.143. The highest BCUT2D eigenvalue weighted by Gasteiger charge is 2.47. The number of fused-ring (bicyclic) bond motifs is 3. The summed E-state index contributed by atoms with van der Waals surface area (Å²) < 4.78 is 24.8. The number of hydrogen-bond donors (Lipinski definition) is 1. The minimum Gasteiger partial charge on any atom is -0.506 e. The molecule has 174 valence electrons. The number of rotatable bonds is 7. The first-order chi connectivity index (χ1) is 15.5. The molecule has 0 radical (unpaired) electrons. The molecule has 10 heteroatoms. The number of phenolic OH excluding ortho intramolecular Hbond substituents is 1. The number of nitrogens with zero attached hydrogens (tertiary/aromatic N) is 2. The molecule has 1 N–H and O–H groups in total. The van der Waals surface area contributed by atoms with Crippen LogP contribution in [0.1, 0.15) is 18.2 Å². The summed E-state index contributed by atoms with van der Waals surface area (Å²) in [4.78, 5) is 19.1. The summed E-state index contributed by atoms with van der Waals surface area (Å²) in [6.45, 7) is 0.734. The number of thiophene rings is 1. The molecule has 2 heterocycles. The van der Waals surface area contributed by atoms with Gasteiger partial charge in [-0.05, 0) is 12.5 Å². The molecule has 8 nitrogen and oxygen atoms in total. The van der Waals surface area contributed by atoms with Crippen LogP contribution < -0.4 is 5.56 Å². The number of halogens is 1. The molecule has 5 atom stereocenters. The van der Waals surface area contributed by atoms with Gasteiger partial charge in [0.2, 0.25) is 0 Å². The summed E-state index contributed by atoms with van der Waals surface area (Å²) >= 11 is 5.13. The first-order valence-electron chi connectivity index (χ1n) is 10.3. The zero-order valence-electron chi connectivity index (χ0n) is 18.4. The number of alkyl halides is 1. The third kappa shape index (κ3) is 3.86. The molecular formula is C22H27BrN2O6S. The van der Waals surface area contributed by atoms with Crippen LogP contribution in [0.15, 0.2) is 23.0 Å². The lowest BCUT2D eigenvalue weighted by Crippen LogP contribution is -2.53. The summed E-state index contributed by atoms with van der Waals surface area (Å²) in [5, 5.41) is 11.6. The van der Waals surface area contributed by atoms with Crippen molar-refractivity contribution < 1.29 is 24.1 Å². The Balaban J connectivity index is 1.93. The molecule has 0 bridgehead atoms. The quantitative estimate of drug-likeness (QED) is 0.472. The fourth-order valence-corrected chi connectivity index (χ4v) is 6.68. The van der Waals surface area contributed by atoms with E-state index in [9.17, 15) is 9.90 Å². The van der Waals surface area contributed by atoms with Gasteiger partial charge in [0.05, 0.1) is 40.3 Å². The van der Waals surface area contributed by atoms with Crippen LogP contribution >= 0.6 is 27.3 Å². The zero-order chi connectivity index (χ0) is 23.0. The van der Waals surface area contributed by atoms with Crippen LogP contribution in [0.5, 0.6) is 5.75 Å². The second-order valence-corrected chi connectivity index (χ2v) is 9.87. The van der Waals surface area contributed by atoms with E-state index < -0.39 is 0 Å². The van der Waals surface area contributed by atoms with E-state index in [1.54, 1.807) is 45.1 Å². The standard InChI is InChI=1S/C22H27BrN2O6S/c1-28-9-8-25-20(12-10-14(29-2)17(30-3)18(31-4)16(12)23)24-21-15(22(25)27)11-6-5-7-13(26)19(11)32-21/h5-7,12,14,16-18,26H,8-10H2,1-4H3/t12-,14?,16?,17?,18?/m1/s1. The summed E-state index contributed by atoms with van der Waals surface area (Å²) in [6.07, 6.45) is -0.168. The van der Waals surface area contributed by atoms with Crippen molar-refractivity contribution in [2.45, 2.75) is 42.0 Å². The Morgan fingerprint density at radius 2 is 1.94 bits per heavy atom. The van der Waals surface area contributed by atoms with Crippen molar-refractivity contribution in [3.63, 3.8) is 0 Å². The fraction of sp³-hybridized carbons (Fsp3) is 0.545. The SMILES string of the molecule is COCCn1c([C@@H]2CC(OC)C(OC)C(OC)C2Br)nc2sc3c(O)cccc3c2c1=O. The van der Waals surface area contributed by atoms with Gasteiger partial charge in [-0.2, -0.15) is 0 Å². The van der Waals surface area contributed by atoms with E-state index in [2.05, 4.69) is 15.9 Å². The van der Waals surface area contributed by atoms with Gasteiger partial charge >= 0.3 is 0 Å². The first kappa shape index (κ1) is 23.6. The van der Waals surface area contributed by atoms with Crippen molar-refractivity contribution in [3.8, 4) is 5.75 Å². The normalized spacial score (nSPS) is 26.2. The Morgan fingerprint density at radius 3 is 2.59 bits per heavy atom. The van der Waals surface area contributed by atoms with Crippen LogP contribution in [0.3, 0.4) is 0 Å². The highest BCUT2D eigenvalue weighted by Crippen LogP contribution is 2.42. The number of aromatic nitrogens is 2. The second-order valence-electron chi connectivity index (χ2n) is 7.82. The Hall–Kier alpha value is -1.56. The van der Waals surface area contributed by atoms with E-state index in [0.29, 0.717) is 45.7 Å². The Morgan fingerprint density at radius 1 is 1.19 bits per heavy atom. The monoisotopic (exact) mass is 526 g/mol. The van der Waals surface area contributed by atoms with Crippen molar-refractivity contribution in [1.29, 1.82) is 0 Å². The van der Waals surface area contributed by atoms with Gasteiger partial charge < -0.3 is 24.1 Å². The molecule has 32 heavy (non-hydrogen) atoms. The Labute approximate surface area is 198 Å². The molecule has 4 rings (SSSR count). The summed E-state index contributed by atoms with van der Waals surface area (Å²) in [6, 6.07) is 5.20. The highest BCUT2D eigenvalue weighted by molar-refractivity contribution is 9.09. The van der Waals surface area contributed by atoms with Crippen molar-refractivity contribution in [3.05, 3.63) is 34.4 Å². The van der Waals surface area contributed by atoms with Crippen LogP contribution in [-0.4, -0.2) is 72.8 Å². The van der Waals surface area contributed by atoms with E-state index >= 15 is 0 Å².